The molecule has 1 aliphatic carbocycles. The molecule has 1 aromatic carbocycles. The highest BCUT2D eigenvalue weighted by atomic mass is 16.5. The largest absolute Gasteiger partial charge is 0.465 e. The summed E-state index contributed by atoms with van der Waals surface area (Å²) in [5.74, 6) is -0.482. The summed E-state index contributed by atoms with van der Waals surface area (Å²) in [6.07, 6.45) is 1.50. The van der Waals surface area contributed by atoms with Crippen molar-refractivity contribution in [3.63, 3.8) is 0 Å². The zero-order valence-corrected chi connectivity index (χ0v) is 10.2. The minimum absolute atomic E-state index is 0.112. The van der Waals surface area contributed by atoms with E-state index < -0.39 is 5.54 Å². The molecule has 0 spiro atoms. The van der Waals surface area contributed by atoms with Gasteiger partial charge in [0, 0.05) is 6.54 Å². The first-order valence-electron chi connectivity index (χ1n) is 5.79. The van der Waals surface area contributed by atoms with Crippen LogP contribution in [0.1, 0.15) is 28.8 Å². The summed E-state index contributed by atoms with van der Waals surface area (Å²) in [6.45, 7) is 0.416. The number of hydrogen-bond donors (Lipinski definition) is 2. The molecule has 18 heavy (non-hydrogen) atoms. The van der Waals surface area contributed by atoms with Gasteiger partial charge in [0.05, 0.1) is 18.2 Å². The monoisotopic (exact) mass is 248 g/mol. The summed E-state index contributed by atoms with van der Waals surface area (Å²) in [4.78, 5) is 22.8. The second-order valence-electron chi connectivity index (χ2n) is 4.53. The molecule has 0 radical (unpaired) electrons. The first kappa shape index (κ1) is 12.6. The van der Waals surface area contributed by atoms with Crippen molar-refractivity contribution in [3.8, 4) is 0 Å². The molecule has 1 aliphatic rings. The van der Waals surface area contributed by atoms with Gasteiger partial charge in [-0.05, 0) is 30.5 Å². The molecule has 0 bridgehead atoms. The highest BCUT2D eigenvalue weighted by Gasteiger charge is 2.45. The molecule has 0 saturated heterocycles. The lowest BCUT2D eigenvalue weighted by Crippen LogP contribution is -2.42. The molecule has 3 N–H and O–H groups in total. The molecule has 0 aromatic heterocycles. The standard InChI is InChI=1S/C13H16N2O3/c1-18-11(16)10-4-2-9(3-5-10)8-15-12(17)13(14)6-7-13/h2-5H,6-8,14H2,1H3,(H,15,17). The van der Waals surface area contributed by atoms with Crippen LogP contribution in [0.4, 0.5) is 0 Å². The highest BCUT2D eigenvalue weighted by Crippen LogP contribution is 2.32. The normalized spacial score (nSPS) is 15.9. The summed E-state index contributed by atoms with van der Waals surface area (Å²) >= 11 is 0. The lowest BCUT2D eigenvalue weighted by molar-refractivity contribution is -0.123. The Morgan fingerprint density at radius 2 is 1.94 bits per heavy atom. The van der Waals surface area contributed by atoms with Crippen molar-refractivity contribution in [3.05, 3.63) is 35.4 Å². The van der Waals surface area contributed by atoms with E-state index in [1.807, 2.05) is 0 Å². The fraction of sp³-hybridized carbons (Fsp3) is 0.385. The maximum atomic E-state index is 11.6. The van der Waals surface area contributed by atoms with Crippen molar-refractivity contribution in [1.82, 2.24) is 5.32 Å². The lowest BCUT2D eigenvalue weighted by Gasteiger charge is -2.10. The maximum absolute atomic E-state index is 11.6. The number of hydrogen-bond acceptors (Lipinski definition) is 4. The predicted molar refractivity (Wildman–Crippen MR) is 65.8 cm³/mol. The van der Waals surface area contributed by atoms with Crippen LogP contribution in [0.3, 0.4) is 0 Å². The number of carbonyl (C=O) groups excluding carboxylic acids is 2. The molecule has 1 fully saturated rings. The number of methoxy groups -OCH3 is 1. The van der Waals surface area contributed by atoms with Gasteiger partial charge in [0.15, 0.2) is 0 Å². The number of amides is 1. The second kappa shape index (κ2) is 4.78. The number of carbonyl (C=O) groups is 2. The van der Waals surface area contributed by atoms with E-state index in [4.69, 9.17) is 5.73 Å². The van der Waals surface area contributed by atoms with Crippen molar-refractivity contribution in [2.45, 2.75) is 24.9 Å². The first-order chi connectivity index (χ1) is 8.55. The number of ether oxygens (including phenoxy) is 1. The van der Waals surface area contributed by atoms with Crippen LogP contribution in [0, 0.1) is 0 Å². The van der Waals surface area contributed by atoms with Gasteiger partial charge in [-0.2, -0.15) is 0 Å². The molecule has 1 saturated carbocycles. The van der Waals surface area contributed by atoms with Gasteiger partial charge in [-0.3, -0.25) is 4.79 Å². The fourth-order valence-corrected chi connectivity index (χ4v) is 1.60. The molecule has 96 valence electrons. The van der Waals surface area contributed by atoms with Crippen LogP contribution < -0.4 is 11.1 Å². The Balaban J connectivity index is 1.90. The molecule has 0 atom stereocenters. The molecular formula is C13H16N2O3. The molecular weight excluding hydrogens is 232 g/mol. The Hall–Kier alpha value is -1.88. The predicted octanol–water partition coefficient (Wildman–Crippen LogP) is 0.581. The third-order valence-electron chi connectivity index (χ3n) is 3.07. The molecule has 0 heterocycles. The zero-order chi connectivity index (χ0) is 13.2. The Kier molecular flexibility index (Phi) is 3.34. The van der Waals surface area contributed by atoms with E-state index in [0.29, 0.717) is 12.1 Å². The minimum atomic E-state index is -0.647. The summed E-state index contributed by atoms with van der Waals surface area (Å²) in [7, 11) is 1.34. The van der Waals surface area contributed by atoms with E-state index in [1.54, 1.807) is 24.3 Å². The topological polar surface area (TPSA) is 81.4 Å². The molecule has 1 aromatic rings. The third-order valence-corrected chi connectivity index (χ3v) is 3.07. The van der Waals surface area contributed by atoms with E-state index in [1.165, 1.54) is 7.11 Å². The van der Waals surface area contributed by atoms with E-state index in [2.05, 4.69) is 10.1 Å². The van der Waals surface area contributed by atoms with Crippen LogP contribution in [-0.2, 0) is 16.1 Å². The Bertz CT molecular complexity index is 464. The van der Waals surface area contributed by atoms with Gasteiger partial charge in [0.25, 0.3) is 0 Å². The number of esters is 1. The van der Waals surface area contributed by atoms with Gasteiger partial charge in [0.1, 0.15) is 0 Å². The second-order valence-corrected chi connectivity index (χ2v) is 4.53. The van der Waals surface area contributed by atoms with Gasteiger partial charge >= 0.3 is 5.97 Å². The Morgan fingerprint density at radius 3 is 2.44 bits per heavy atom. The van der Waals surface area contributed by atoms with Crippen LogP contribution >= 0.6 is 0 Å². The quantitative estimate of drug-likeness (QED) is 0.764. The fourth-order valence-electron chi connectivity index (χ4n) is 1.60. The molecule has 0 aliphatic heterocycles. The number of benzene rings is 1. The zero-order valence-electron chi connectivity index (χ0n) is 10.2. The molecule has 5 heteroatoms. The highest BCUT2D eigenvalue weighted by molar-refractivity contribution is 5.89. The van der Waals surface area contributed by atoms with E-state index in [0.717, 1.165) is 18.4 Å². The van der Waals surface area contributed by atoms with Gasteiger partial charge in [-0.1, -0.05) is 12.1 Å². The van der Waals surface area contributed by atoms with Gasteiger partial charge in [0.2, 0.25) is 5.91 Å². The van der Waals surface area contributed by atoms with Crippen LogP contribution in [-0.4, -0.2) is 24.5 Å². The van der Waals surface area contributed by atoms with Crippen LogP contribution in [0.15, 0.2) is 24.3 Å². The Labute approximate surface area is 105 Å². The molecule has 0 unspecified atom stereocenters. The van der Waals surface area contributed by atoms with Gasteiger partial charge in [-0.15, -0.1) is 0 Å². The summed E-state index contributed by atoms with van der Waals surface area (Å²) < 4.78 is 4.60. The van der Waals surface area contributed by atoms with Crippen molar-refractivity contribution in [1.29, 1.82) is 0 Å². The average molecular weight is 248 g/mol. The van der Waals surface area contributed by atoms with E-state index >= 15 is 0 Å². The molecule has 1 amide bonds. The lowest BCUT2D eigenvalue weighted by atomic mass is 10.1. The van der Waals surface area contributed by atoms with Crippen molar-refractivity contribution in [2.75, 3.05) is 7.11 Å². The van der Waals surface area contributed by atoms with Crippen LogP contribution in [0.2, 0.25) is 0 Å². The summed E-state index contributed by atoms with van der Waals surface area (Å²) in [6, 6.07) is 6.90. The van der Waals surface area contributed by atoms with E-state index in [9.17, 15) is 9.59 Å². The average Bonchev–Trinajstić information content (AvgIpc) is 3.15. The minimum Gasteiger partial charge on any atom is -0.465 e. The summed E-state index contributed by atoms with van der Waals surface area (Å²) in [5.41, 5.74) is 6.52. The first-order valence-corrected chi connectivity index (χ1v) is 5.79. The number of rotatable bonds is 4. The van der Waals surface area contributed by atoms with Gasteiger partial charge < -0.3 is 15.8 Å². The summed E-state index contributed by atoms with van der Waals surface area (Å²) in [5, 5.41) is 2.78. The SMILES string of the molecule is COC(=O)c1ccc(CNC(=O)C2(N)CC2)cc1. The smallest absolute Gasteiger partial charge is 0.337 e. The van der Waals surface area contributed by atoms with Crippen LogP contribution in [0.5, 0.6) is 0 Å². The molecule has 5 nitrogen and oxygen atoms in total. The van der Waals surface area contributed by atoms with Crippen molar-refractivity contribution in [2.24, 2.45) is 5.73 Å². The number of nitrogens with two attached hydrogens (primary N) is 1. The van der Waals surface area contributed by atoms with Crippen molar-refractivity contribution >= 4 is 11.9 Å². The van der Waals surface area contributed by atoms with E-state index in [-0.39, 0.29) is 11.9 Å². The Morgan fingerprint density at radius 1 is 1.33 bits per heavy atom. The third kappa shape index (κ3) is 2.68. The van der Waals surface area contributed by atoms with Gasteiger partial charge in [-0.25, -0.2) is 4.79 Å². The maximum Gasteiger partial charge on any atom is 0.337 e. The van der Waals surface area contributed by atoms with Crippen molar-refractivity contribution < 1.29 is 14.3 Å². The van der Waals surface area contributed by atoms with Crippen LogP contribution in [0.25, 0.3) is 0 Å². The number of nitrogens with one attached hydrogen (secondary N) is 1. The molecule has 2 rings (SSSR count).